The summed E-state index contributed by atoms with van der Waals surface area (Å²) in [5.41, 5.74) is -2.06. The van der Waals surface area contributed by atoms with E-state index in [9.17, 15) is 28.5 Å². The Morgan fingerprint density at radius 1 is 1.41 bits per heavy atom. The van der Waals surface area contributed by atoms with Crippen LogP contribution in [0.2, 0.25) is 0 Å². The van der Waals surface area contributed by atoms with Gasteiger partial charge in [-0.2, -0.15) is 4.39 Å². The average molecular weight is 410 g/mol. The molecule has 2 rings (SSSR count). The lowest BCUT2D eigenvalue weighted by atomic mass is 10.2. The number of aliphatic hydroxyl groups excluding tert-OH is 1. The average Bonchev–Trinajstić information content (AvgIpc) is 2.99. The summed E-state index contributed by atoms with van der Waals surface area (Å²) < 4.78 is 33.7. The summed E-state index contributed by atoms with van der Waals surface area (Å²) in [6.45, 7) is 10.1. The highest BCUT2D eigenvalue weighted by atomic mass is 31.1. The Kier molecular flexibility index (Phi) is 9.92. The fourth-order valence-electron chi connectivity index (χ4n) is 2.59. The highest BCUT2D eigenvalue weighted by Gasteiger charge is 2.37. The van der Waals surface area contributed by atoms with Crippen LogP contribution in [0.25, 0.3) is 0 Å². The van der Waals surface area contributed by atoms with Crippen molar-refractivity contribution in [2.24, 2.45) is 0 Å². The third kappa shape index (κ3) is 7.21. The van der Waals surface area contributed by atoms with Crippen LogP contribution in [0.5, 0.6) is 0 Å². The molecule has 1 aliphatic rings. The number of aromatic nitrogens is 2. The van der Waals surface area contributed by atoms with Gasteiger partial charge in [-0.15, -0.1) is 4.52 Å². The number of aromatic amines is 1. The first-order chi connectivity index (χ1) is 12.7. The molecule has 10 nitrogen and oxygen atoms in total. The summed E-state index contributed by atoms with van der Waals surface area (Å²) in [6.07, 6.45) is -2.50. The molecular formula is C15H26FN3O7P+. The van der Waals surface area contributed by atoms with Gasteiger partial charge in [0.1, 0.15) is 18.9 Å². The van der Waals surface area contributed by atoms with Crippen LogP contribution in [-0.2, 0) is 13.8 Å². The number of hydrogen-bond acceptors (Lipinski definition) is 7. The largest absolute Gasteiger partial charge is 0.566 e. The van der Waals surface area contributed by atoms with Gasteiger partial charge < -0.3 is 19.6 Å². The molecule has 4 atom stereocenters. The summed E-state index contributed by atoms with van der Waals surface area (Å²) in [4.78, 5) is 36.1. The van der Waals surface area contributed by atoms with Gasteiger partial charge in [0.05, 0.1) is 31.9 Å². The molecule has 0 saturated carbocycles. The van der Waals surface area contributed by atoms with Gasteiger partial charge in [0, 0.05) is 6.42 Å². The molecule has 3 N–H and O–H groups in total. The zero-order valence-electron chi connectivity index (χ0n) is 15.5. The molecule has 0 aliphatic carbocycles. The molecule has 0 amide bonds. The Balaban J connectivity index is 0.000000445. The summed E-state index contributed by atoms with van der Waals surface area (Å²) in [5, 5.41) is 9.67. The third-order valence-corrected chi connectivity index (χ3v) is 4.64. The van der Waals surface area contributed by atoms with Gasteiger partial charge in [0.25, 0.3) is 5.56 Å². The standard InChI is InChI=1S/C9H10FN2O7P.C6H15N/c10-4-2-12(9(15)11-8(4)14)7-1-5(13)6(19-7)3-18-20(16)17;1-4-7(5-2)6-3/h2,5-7,13H,1,3H2,(H,11,14,15);4-6H2,1-3H3/p+1/t5-,6+,7+;/m0./s1. The molecule has 0 bridgehead atoms. The Labute approximate surface area is 156 Å². The van der Waals surface area contributed by atoms with Crippen molar-refractivity contribution in [3.8, 4) is 0 Å². The van der Waals surface area contributed by atoms with Crippen LogP contribution in [0.15, 0.2) is 15.8 Å². The van der Waals surface area contributed by atoms with E-state index in [-0.39, 0.29) is 6.42 Å². The van der Waals surface area contributed by atoms with Crippen molar-refractivity contribution in [1.82, 2.24) is 9.55 Å². The molecule has 27 heavy (non-hydrogen) atoms. The van der Waals surface area contributed by atoms with Crippen molar-refractivity contribution >= 4 is 8.25 Å². The summed E-state index contributed by atoms with van der Waals surface area (Å²) in [5.74, 6) is -1.18. The van der Waals surface area contributed by atoms with Gasteiger partial charge in [0.2, 0.25) is 5.82 Å². The molecule has 1 aromatic heterocycles. The zero-order valence-corrected chi connectivity index (χ0v) is 16.4. The number of hydrogen-bond donors (Lipinski definition) is 3. The zero-order chi connectivity index (χ0) is 20.6. The minimum absolute atomic E-state index is 0.0743. The SMILES string of the molecule is CC[NH+](CC)CC.O=c1[nH]c(=O)n([C@H]2C[C@H](O)[C@@H](CO[P+](=O)[O-])O2)cc1F. The molecule has 1 aliphatic heterocycles. The lowest BCUT2D eigenvalue weighted by Gasteiger charge is -2.14. The van der Waals surface area contributed by atoms with Crippen molar-refractivity contribution in [2.45, 2.75) is 45.6 Å². The normalized spacial score (nSPS) is 22.5. The van der Waals surface area contributed by atoms with Crippen molar-refractivity contribution in [2.75, 3.05) is 26.2 Å². The van der Waals surface area contributed by atoms with Crippen LogP contribution >= 0.6 is 8.25 Å². The highest BCUT2D eigenvalue weighted by Crippen LogP contribution is 2.28. The summed E-state index contributed by atoms with van der Waals surface area (Å²) in [6, 6.07) is 0. The predicted octanol–water partition coefficient (Wildman–Crippen LogP) is -1.71. The molecule has 1 saturated heterocycles. The predicted molar refractivity (Wildman–Crippen MR) is 92.0 cm³/mol. The number of quaternary nitrogens is 1. The van der Waals surface area contributed by atoms with Crippen LogP contribution in [0.3, 0.4) is 0 Å². The molecule has 0 radical (unpaired) electrons. The van der Waals surface area contributed by atoms with E-state index >= 15 is 0 Å². The van der Waals surface area contributed by atoms with Gasteiger partial charge in [-0.25, -0.2) is 4.79 Å². The van der Waals surface area contributed by atoms with E-state index in [1.165, 1.54) is 19.6 Å². The molecular weight excluding hydrogens is 384 g/mol. The van der Waals surface area contributed by atoms with Crippen molar-refractivity contribution in [3.05, 3.63) is 32.9 Å². The van der Waals surface area contributed by atoms with E-state index in [2.05, 4.69) is 25.3 Å². The van der Waals surface area contributed by atoms with Crippen molar-refractivity contribution in [1.29, 1.82) is 0 Å². The van der Waals surface area contributed by atoms with Crippen LogP contribution in [0, 0.1) is 5.82 Å². The Hall–Kier alpha value is -1.49. The van der Waals surface area contributed by atoms with Crippen LogP contribution in [0.1, 0.15) is 33.4 Å². The van der Waals surface area contributed by atoms with Gasteiger partial charge in [-0.05, 0) is 25.3 Å². The van der Waals surface area contributed by atoms with Gasteiger partial charge in [-0.3, -0.25) is 14.3 Å². The maximum absolute atomic E-state index is 13.1. The van der Waals surface area contributed by atoms with Crippen molar-refractivity contribution in [3.63, 3.8) is 0 Å². The molecule has 12 heteroatoms. The van der Waals surface area contributed by atoms with Gasteiger partial charge in [-0.1, -0.05) is 0 Å². The number of ether oxygens (including phenoxy) is 1. The quantitative estimate of drug-likeness (QED) is 0.455. The van der Waals surface area contributed by atoms with Crippen LogP contribution in [-0.4, -0.2) is 53.1 Å². The maximum Gasteiger partial charge on any atom is 0.488 e. The van der Waals surface area contributed by atoms with Crippen molar-refractivity contribution < 1.29 is 33.1 Å². The van der Waals surface area contributed by atoms with E-state index in [0.717, 1.165) is 4.57 Å². The highest BCUT2D eigenvalue weighted by molar-refractivity contribution is 7.30. The monoisotopic (exact) mass is 410 g/mol. The molecule has 1 aromatic rings. The van der Waals surface area contributed by atoms with Gasteiger partial charge >= 0.3 is 13.9 Å². The second-order valence-corrected chi connectivity index (χ2v) is 6.61. The topological polar surface area (TPSA) is 138 Å². The molecule has 1 fully saturated rings. The van der Waals surface area contributed by atoms with Gasteiger partial charge in [0.15, 0.2) is 0 Å². The molecule has 0 aromatic carbocycles. The second-order valence-electron chi connectivity index (χ2n) is 5.91. The first-order valence-electron chi connectivity index (χ1n) is 8.68. The van der Waals surface area contributed by atoms with E-state index < -0.39 is 50.4 Å². The van der Waals surface area contributed by atoms with E-state index in [0.29, 0.717) is 6.20 Å². The number of H-pyrrole nitrogens is 1. The van der Waals surface area contributed by atoms with E-state index in [4.69, 9.17) is 4.74 Å². The van der Waals surface area contributed by atoms with E-state index in [1.807, 2.05) is 0 Å². The number of nitrogens with zero attached hydrogens (tertiary/aromatic N) is 1. The van der Waals surface area contributed by atoms with Crippen LogP contribution < -0.4 is 21.0 Å². The third-order valence-electron chi connectivity index (χ3n) is 4.28. The second kappa shape index (κ2) is 11.4. The molecule has 0 spiro atoms. The smallest absolute Gasteiger partial charge is 0.488 e. The summed E-state index contributed by atoms with van der Waals surface area (Å²) >= 11 is 0. The number of aliphatic hydroxyl groups is 1. The first kappa shape index (κ1) is 23.5. The minimum Gasteiger partial charge on any atom is -0.566 e. The van der Waals surface area contributed by atoms with E-state index in [1.54, 1.807) is 9.88 Å². The Bertz CT molecular complexity index is 717. The molecule has 154 valence electrons. The number of rotatable bonds is 7. The Morgan fingerprint density at radius 3 is 2.48 bits per heavy atom. The number of nitrogens with one attached hydrogen (secondary N) is 2. The lowest BCUT2D eigenvalue weighted by molar-refractivity contribution is -0.894. The Morgan fingerprint density at radius 2 is 2.00 bits per heavy atom. The molecule has 2 heterocycles. The lowest BCUT2D eigenvalue weighted by Crippen LogP contribution is -3.11. The van der Waals surface area contributed by atoms with Crippen LogP contribution in [0.4, 0.5) is 4.39 Å². The summed E-state index contributed by atoms with van der Waals surface area (Å²) in [7, 11) is -3.09. The minimum atomic E-state index is -3.09. The first-order valence-corrected chi connectivity index (χ1v) is 9.78. The molecule has 1 unspecified atom stereocenters. The maximum atomic E-state index is 13.1. The number of halogens is 1. The fourth-order valence-corrected chi connectivity index (χ4v) is 2.86. The fraction of sp³-hybridized carbons (Fsp3) is 0.733.